The van der Waals surface area contributed by atoms with Crippen LogP contribution in [0.1, 0.15) is 36.2 Å². The summed E-state index contributed by atoms with van der Waals surface area (Å²) in [5.74, 6) is 0.787. The van der Waals surface area contributed by atoms with Crippen LogP contribution >= 0.6 is 11.3 Å². The van der Waals surface area contributed by atoms with Crippen LogP contribution < -0.4 is 4.74 Å². The Labute approximate surface area is 196 Å². The van der Waals surface area contributed by atoms with Crippen molar-refractivity contribution in [2.75, 3.05) is 7.11 Å². The van der Waals surface area contributed by atoms with Gasteiger partial charge in [-0.15, -0.1) is 11.3 Å². The third-order valence-corrected chi connectivity index (χ3v) is 6.68. The lowest BCUT2D eigenvalue weighted by Crippen LogP contribution is -2.26. The molecule has 0 radical (unpaired) electrons. The molecule has 2 aromatic carbocycles. The molecular formula is C26H24N4O2S. The molecule has 0 saturated carbocycles. The molecule has 0 saturated heterocycles. The van der Waals surface area contributed by atoms with Crippen LogP contribution in [-0.4, -0.2) is 33.5 Å². The summed E-state index contributed by atoms with van der Waals surface area (Å²) in [5, 5.41) is 13.4. The molecule has 2 aromatic heterocycles. The number of hydrogen-bond donors (Lipinski definition) is 0. The lowest BCUT2D eigenvalue weighted by Gasteiger charge is -2.21. The van der Waals surface area contributed by atoms with Gasteiger partial charge in [0.15, 0.2) is 0 Å². The average molecular weight is 457 g/mol. The summed E-state index contributed by atoms with van der Waals surface area (Å²) >= 11 is 1.64. The van der Waals surface area contributed by atoms with Crippen LogP contribution in [-0.2, 0) is 4.79 Å². The largest absolute Gasteiger partial charge is 0.497 e. The van der Waals surface area contributed by atoms with Gasteiger partial charge in [0.2, 0.25) is 5.91 Å². The van der Waals surface area contributed by atoms with Crippen molar-refractivity contribution in [3.8, 4) is 22.7 Å². The fourth-order valence-electron chi connectivity index (χ4n) is 4.05. The first kappa shape index (κ1) is 21.2. The van der Waals surface area contributed by atoms with E-state index in [2.05, 4.69) is 6.07 Å². The smallest absolute Gasteiger partial charge is 0.242 e. The summed E-state index contributed by atoms with van der Waals surface area (Å²) < 4.78 is 7.21. The third kappa shape index (κ3) is 4.07. The summed E-state index contributed by atoms with van der Waals surface area (Å²) in [5.41, 5.74) is 4.67. The van der Waals surface area contributed by atoms with Crippen molar-refractivity contribution < 1.29 is 9.53 Å². The number of amides is 1. The Bertz CT molecular complexity index is 1280. The van der Waals surface area contributed by atoms with Gasteiger partial charge in [0.25, 0.3) is 0 Å². The van der Waals surface area contributed by atoms with Crippen molar-refractivity contribution in [1.82, 2.24) is 14.8 Å². The summed E-state index contributed by atoms with van der Waals surface area (Å²) in [7, 11) is 1.65. The third-order valence-electron chi connectivity index (χ3n) is 5.76. The number of rotatable bonds is 6. The van der Waals surface area contributed by atoms with Crippen LogP contribution in [0.15, 0.2) is 83.4 Å². The number of hydrazone groups is 1. The molecule has 0 N–H and O–H groups in total. The normalized spacial score (nSPS) is 15.5. The maximum Gasteiger partial charge on any atom is 0.242 e. The van der Waals surface area contributed by atoms with Gasteiger partial charge in [-0.2, -0.15) is 10.2 Å². The van der Waals surface area contributed by atoms with Crippen LogP contribution in [0.25, 0.3) is 16.9 Å². The van der Waals surface area contributed by atoms with Crippen molar-refractivity contribution in [3.63, 3.8) is 0 Å². The number of carbonyl (C=O) groups is 1. The van der Waals surface area contributed by atoms with Gasteiger partial charge in [0.1, 0.15) is 5.75 Å². The molecule has 7 heteroatoms. The zero-order valence-corrected chi connectivity index (χ0v) is 19.3. The first-order valence-electron chi connectivity index (χ1n) is 10.9. The molecule has 4 aromatic rings. The molecule has 1 amide bonds. The Morgan fingerprint density at radius 3 is 2.55 bits per heavy atom. The second-order valence-corrected chi connectivity index (χ2v) is 8.73. The molecule has 1 atom stereocenters. The molecule has 1 aliphatic rings. The van der Waals surface area contributed by atoms with Crippen molar-refractivity contribution in [2.45, 2.75) is 25.8 Å². The predicted molar refractivity (Wildman–Crippen MR) is 131 cm³/mol. The molecule has 0 spiro atoms. The van der Waals surface area contributed by atoms with E-state index >= 15 is 0 Å². The zero-order valence-electron chi connectivity index (χ0n) is 18.5. The first-order valence-corrected chi connectivity index (χ1v) is 11.8. The lowest BCUT2D eigenvalue weighted by molar-refractivity contribution is -0.132. The monoisotopic (exact) mass is 456 g/mol. The van der Waals surface area contributed by atoms with Crippen LogP contribution in [0, 0.1) is 0 Å². The highest BCUT2D eigenvalue weighted by Crippen LogP contribution is 2.39. The Balaban J connectivity index is 1.62. The topological polar surface area (TPSA) is 59.7 Å². The van der Waals surface area contributed by atoms with E-state index < -0.39 is 0 Å². The molecule has 1 unspecified atom stereocenters. The Kier molecular flexibility index (Phi) is 5.79. The van der Waals surface area contributed by atoms with Crippen LogP contribution in [0.3, 0.4) is 0 Å². The van der Waals surface area contributed by atoms with E-state index in [0.717, 1.165) is 38.8 Å². The summed E-state index contributed by atoms with van der Waals surface area (Å²) in [6, 6.07) is 21.7. The molecule has 0 bridgehead atoms. The van der Waals surface area contributed by atoms with Gasteiger partial charge < -0.3 is 4.74 Å². The number of aromatic nitrogens is 2. The number of para-hydroxylation sites is 1. The van der Waals surface area contributed by atoms with E-state index in [1.165, 1.54) is 0 Å². The fraction of sp³-hybridized carbons (Fsp3) is 0.192. The molecule has 33 heavy (non-hydrogen) atoms. The molecule has 6 nitrogen and oxygen atoms in total. The SMILES string of the molecule is CCC(=O)N1N=C(c2cccs2)CC1c1cn(-c2ccccc2)nc1-c1ccc(OC)cc1. The maximum absolute atomic E-state index is 12.9. The van der Waals surface area contributed by atoms with Crippen molar-refractivity contribution in [3.05, 3.63) is 88.7 Å². The van der Waals surface area contributed by atoms with Crippen LogP contribution in [0.5, 0.6) is 5.75 Å². The minimum atomic E-state index is -0.218. The highest BCUT2D eigenvalue weighted by molar-refractivity contribution is 7.12. The molecular weight excluding hydrogens is 432 g/mol. The highest BCUT2D eigenvalue weighted by Gasteiger charge is 2.35. The fourth-order valence-corrected chi connectivity index (χ4v) is 4.77. The Hall–Kier alpha value is -3.71. The van der Waals surface area contributed by atoms with Gasteiger partial charge in [-0.05, 0) is 47.8 Å². The second-order valence-electron chi connectivity index (χ2n) is 7.78. The molecule has 3 heterocycles. The highest BCUT2D eigenvalue weighted by atomic mass is 32.1. The number of ether oxygens (including phenoxy) is 1. The van der Waals surface area contributed by atoms with E-state index in [1.54, 1.807) is 23.5 Å². The van der Waals surface area contributed by atoms with Crippen LogP contribution in [0.2, 0.25) is 0 Å². The Morgan fingerprint density at radius 2 is 1.88 bits per heavy atom. The van der Waals surface area contributed by atoms with E-state index in [4.69, 9.17) is 14.9 Å². The van der Waals surface area contributed by atoms with E-state index in [-0.39, 0.29) is 11.9 Å². The van der Waals surface area contributed by atoms with Gasteiger partial charge in [-0.1, -0.05) is 31.2 Å². The van der Waals surface area contributed by atoms with Gasteiger partial charge in [-0.3, -0.25) is 4.79 Å². The second kappa shape index (κ2) is 9.03. The summed E-state index contributed by atoms with van der Waals surface area (Å²) in [4.78, 5) is 14.0. The number of nitrogens with zero attached hydrogens (tertiary/aromatic N) is 4. The van der Waals surface area contributed by atoms with E-state index in [9.17, 15) is 4.79 Å². The maximum atomic E-state index is 12.9. The lowest BCUT2D eigenvalue weighted by atomic mass is 9.98. The van der Waals surface area contributed by atoms with Crippen LogP contribution in [0.4, 0.5) is 0 Å². The predicted octanol–water partition coefficient (Wildman–Crippen LogP) is 5.70. The average Bonchev–Trinajstić information content (AvgIpc) is 3.63. The Morgan fingerprint density at radius 1 is 1.09 bits per heavy atom. The molecule has 1 aliphatic heterocycles. The minimum absolute atomic E-state index is 0.000279. The minimum Gasteiger partial charge on any atom is -0.497 e. The standard InChI is InChI=1S/C26H24N4O2S/c1-3-25(31)30-23(16-22(27-30)24-10-7-15-33-24)21-17-29(19-8-5-4-6-9-19)28-26(21)18-11-13-20(32-2)14-12-18/h4-15,17,23H,3,16H2,1-2H3. The van der Waals surface area contributed by atoms with E-state index in [0.29, 0.717) is 12.8 Å². The molecule has 166 valence electrons. The van der Waals surface area contributed by atoms with Crippen molar-refractivity contribution in [1.29, 1.82) is 0 Å². The zero-order chi connectivity index (χ0) is 22.8. The molecule has 0 fully saturated rings. The first-order chi connectivity index (χ1) is 16.2. The van der Waals surface area contributed by atoms with Gasteiger partial charge >= 0.3 is 0 Å². The van der Waals surface area contributed by atoms with Gasteiger partial charge in [0, 0.05) is 30.2 Å². The van der Waals surface area contributed by atoms with Gasteiger partial charge in [0.05, 0.1) is 35.1 Å². The summed E-state index contributed by atoms with van der Waals surface area (Å²) in [6.45, 7) is 1.87. The quantitative estimate of drug-likeness (QED) is 0.374. The number of benzene rings is 2. The number of thiophene rings is 1. The molecule has 0 aliphatic carbocycles. The number of methoxy groups -OCH3 is 1. The molecule has 5 rings (SSSR count). The van der Waals surface area contributed by atoms with Gasteiger partial charge in [-0.25, -0.2) is 9.69 Å². The van der Waals surface area contributed by atoms with Crippen molar-refractivity contribution in [2.24, 2.45) is 5.10 Å². The van der Waals surface area contributed by atoms with Crippen molar-refractivity contribution >= 4 is 23.0 Å². The summed E-state index contributed by atoms with van der Waals surface area (Å²) in [6.07, 6.45) is 3.07. The number of hydrogen-bond acceptors (Lipinski definition) is 5. The van der Waals surface area contributed by atoms with E-state index in [1.807, 2.05) is 83.8 Å². The number of carbonyl (C=O) groups excluding carboxylic acids is 1.